The Balaban J connectivity index is 1.66. The van der Waals surface area contributed by atoms with Crippen LogP contribution in [0.15, 0.2) is 18.2 Å². The van der Waals surface area contributed by atoms with Crippen molar-refractivity contribution in [2.45, 2.75) is 40.0 Å². The van der Waals surface area contributed by atoms with Crippen LogP contribution in [0.4, 0.5) is 0 Å². The molecule has 1 aliphatic rings. The fraction of sp³-hybridized carbons (Fsp3) is 0.368. The smallest absolute Gasteiger partial charge is 0.348 e. The third-order valence-corrected chi connectivity index (χ3v) is 5.64. The molecule has 1 heterocycles. The Morgan fingerprint density at radius 2 is 1.78 bits per heavy atom. The molecule has 0 fully saturated rings. The molecule has 1 aromatic carbocycles. The van der Waals surface area contributed by atoms with Crippen LogP contribution in [-0.2, 0) is 17.6 Å². The van der Waals surface area contributed by atoms with Gasteiger partial charge in [-0.25, -0.2) is 4.79 Å². The Morgan fingerprint density at radius 1 is 1.04 bits per heavy atom. The van der Waals surface area contributed by atoms with Gasteiger partial charge in [0.15, 0.2) is 6.61 Å². The van der Waals surface area contributed by atoms with Gasteiger partial charge >= 0.3 is 5.97 Å². The molecule has 0 unspecified atom stereocenters. The highest BCUT2D eigenvalue weighted by Crippen LogP contribution is 2.31. The van der Waals surface area contributed by atoms with Gasteiger partial charge in [0.05, 0.1) is 0 Å². The van der Waals surface area contributed by atoms with Crippen molar-refractivity contribution in [3.8, 4) is 0 Å². The van der Waals surface area contributed by atoms with Crippen LogP contribution >= 0.6 is 11.3 Å². The van der Waals surface area contributed by atoms with E-state index in [2.05, 4.69) is 0 Å². The largest absolute Gasteiger partial charge is 0.453 e. The number of thiophene rings is 1. The Morgan fingerprint density at radius 3 is 2.52 bits per heavy atom. The van der Waals surface area contributed by atoms with Crippen molar-refractivity contribution in [1.82, 2.24) is 0 Å². The fourth-order valence-electron chi connectivity index (χ4n) is 2.97. The topological polar surface area (TPSA) is 43.4 Å². The minimum atomic E-state index is -0.390. The molecule has 0 saturated heterocycles. The van der Waals surface area contributed by atoms with E-state index in [4.69, 9.17) is 4.74 Å². The number of hydrogen-bond donors (Lipinski definition) is 0. The molecule has 2 aromatic rings. The van der Waals surface area contributed by atoms with Crippen molar-refractivity contribution in [1.29, 1.82) is 0 Å². The standard InChI is InChI=1S/C19H20O3S/c1-11-7-13(3)15(8-12(11)2)16(20)10-22-19(21)18-9-14-5-4-6-17(14)23-18/h7-9H,4-6,10H2,1-3H3. The third-order valence-electron chi connectivity index (χ3n) is 4.42. The molecule has 0 atom stereocenters. The number of ketones is 1. The van der Waals surface area contributed by atoms with Crippen LogP contribution in [0.1, 0.15) is 53.6 Å². The Kier molecular flexibility index (Phi) is 4.35. The maximum Gasteiger partial charge on any atom is 0.348 e. The molecule has 0 radical (unpaired) electrons. The van der Waals surface area contributed by atoms with E-state index in [0.29, 0.717) is 10.4 Å². The lowest BCUT2D eigenvalue weighted by Crippen LogP contribution is -2.15. The van der Waals surface area contributed by atoms with E-state index in [1.165, 1.54) is 28.2 Å². The number of hydrogen-bond acceptors (Lipinski definition) is 4. The molecular weight excluding hydrogens is 308 g/mol. The van der Waals surface area contributed by atoms with Gasteiger partial charge in [-0.1, -0.05) is 6.07 Å². The van der Waals surface area contributed by atoms with E-state index in [1.807, 2.05) is 39.0 Å². The zero-order valence-corrected chi connectivity index (χ0v) is 14.5. The summed E-state index contributed by atoms with van der Waals surface area (Å²) in [5.74, 6) is -0.540. The van der Waals surface area contributed by atoms with E-state index >= 15 is 0 Å². The number of ether oxygens (including phenoxy) is 1. The van der Waals surface area contributed by atoms with Crippen molar-refractivity contribution in [3.05, 3.63) is 55.8 Å². The molecule has 4 heteroatoms. The molecule has 23 heavy (non-hydrogen) atoms. The summed E-state index contributed by atoms with van der Waals surface area (Å²) in [4.78, 5) is 26.4. The van der Waals surface area contributed by atoms with E-state index in [0.717, 1.165) is 29.5 Å². The van der Waals surface area contributed by atoms with Crippen LogP contribution in [0.5, 0.6) is 0 Å². The summed E-state index contributed by atoms with van der Waals surface area (Å²) in [5.41, 5.74) is 5.04. The highest BCUT2D eigenvalue weighted by atomic mass is 32.1. The van der Waals surface area contributed by atoms with E-state index < -0.39 is 0 Å². The second-order valence-corrected chi connectivity index (χ2v) is 7.30. The van der Waals surface area contributed by atoms with Gasteiger partial charge < -0.3 is 4.74 Å². The average molecular weight is 328 g/mol. The summed E-state index contributed by atoms with van der Waals surface area (Å²) >= 11 is 1.50. The Hall–Kier alpha value is -1.94. The quantitative estimate of drug-likeness (QED) is 0.624. The number of aryl methyl sites for hydroxylation is 5. The number of fused-ring (bicyclic) bond motifs is 1. The molecule has 0 saturated carbocycles. The summed E-state index contributed by atoms with van der Waals surface area (Å²) in [5, 5.41) is 0. The molecule has 0 aliphatic heterocycles. The van der Waals surface area contributed by atoms with Crippen LogP contribution in [0.2, 0.25) is 0 Å². The SMILES string of the molecule is Cc1cc(C)c(C(=O)COC(=O)c2cc3c(s2)CCC3)cc1C. The van der Waals surface area contributed by atoms with E-state index in [1.54, 1.807) is 0 Å². The highest BCUT2D eigenvalue weighted by molar-refractivity contribution is 7.14. The second kappa shape index (κ2) is 6.28. The van der Waals surface area contributed by atoms with E-state index in [-0.39, 0.29) is 18.4 Å². The first-order valence-corrected chi connectivity index (χ1v) is 8.67. The molecular formula is C19H20O3S. The zero-order valence-electron chi connectivity index (χ0n) is 13.7. The Bertz CT molecular complexity index is 765. The number of esters is 1. The number of rotatable bonds is 4. The van der Waals surface area contributed by atoms with Crippen molar-refractivity contribution in [2.24, 2.45) is 0 Å². The number of benzene rings is 1. The number of carbonyl (C=O) groups is 2. The van der Waals surface area contributed by atoms with Gasteiger partial charge in [-0.15, -0.1) is 11.3 Å². The van der Waals surface area contributed by atoms with E-state index in [9.17, 15) is 9.59 Å². The first-order valence-electron chi connectivity index (χ1n) is 7.85. The van der Waals surface area contributed by atoms with Crippen LogP contribution < -0.4 is 0 Å². The van der Waals surface area contributed by atoms with Crippen molar-refractivity contribution in [2.75, 3.05) is 6.61 Å². The monoisotopic (exact) mass is 328 g/mol. The minimum absolute atomic E-state index is 0.150. The van der Waals surface area contributed by atoms with Gasteiger partial charge in [0.1, 0.15) is 4.88 Å². The molecule has 0 N–H and O–H groups in total. The molecule has 0 spiro atoms. The van der Waals surface area contributed by atoms with Crippen LogP contribution in [0.25, 0.3) is 0 Å². The first-order chi connectivity index (χ1) is 11.0. The summed E-state index contributed by atoms with van der Waals surface area (Å²) in [6.07, 6.45) is 3.26. The molecule has 1 aliphatic carbocycles. The Labute approximate surface area is 140 Å². The predicted molar refractivity (Wildman–Crippen MR) is 91.6 cm³/mol. The van der Waals surface area contributed by atoms with Crippen molar-refractivity contribution < 1.29 is 14.3 Å². The van der Waals surface area contributed by atoms with Crippen LogP contribution in [0, 0.1) is 20.8 Å². The lowest BCUT2D eigenvalue weighted by atomic mass is 9.98. The highest BCUT2D eigenvalue weighted by Gasteiger charge is 2.20. The molecule has 120 valence electrons. The van der Waals surface area contributed by atoms with Gasteiger partial charge in [0.2, 0.25) is 5.78 Å². The first kappa shape index (κ1) is 15.9. The predicted octanol–water partition coefficient (Wildman–Crippen LogP) is 4.20. The van der Waals surface area contributed by atoms with Gasteiger partial charge in [0, 0.05) is 10.4 Å². The summed E-state index contributed by atoms with van der Waals surface area (Å²) < 4.78 is 5.23. The normalized spacial score (nSPS) is 13.0. The minimum Gasteiger partial charge on any atom is -0.453 e. The molecule has 3 nitrogen and oxygen atoms in total. The summed E-state index contributed by atoms with van der Waals surface area (Å²) in [7, 11) is 0. The lowest BCUT2D eigenvalue weighted by molar-refractivity contribution is 0.0479. The van der Waals surface area contributed by atoms with Gasteiger partial charge in [-0.2, -0.15) is 0 Å². The zero-order chi connectivity index (χ0) is 16.6. The maximum atomic E-state index is 12.3. The van der Waals surface area contributed by atoms with Gasteiger partial charge in [0.25, 0.3) is 0 Å². The molecule has 3 rings (SSSR count). The third kappa shape index (κ3) is 3.22. The van der Waals surface area contributed by atoms with Gasteiger partial charge in [-0.3, -0.25) is 4.79 Å². The summed E-state index contributed by atoms with van der Waals surface area (Å²) in [6.45, 7) is 5.70. The second-order valence-electron chi connectivity index (χ2n) is 6.16. The average Bonchev–Trinajstić information content (AvgIpc) is 3.09. The summed E-state index contributed by atoms with van der Waals surface area (Å²) in [6, 6.07) is 5.79. The fourth-order valence-corrected chi connectivity index (χ4v) is 4.12. The van der Waals surface area contributed by atoms with Crippen LogP contribution in [-0.4, -0.2) is 18.4 Å². The maximum absolute atomic E-state index is 12.3. The molecule has 0 bridgehead atoms. The van der Waals surface area contributed by atoms with Crippen molar-refractivity contribution >= 4 is 23.1 Å². The van der Waals surface area contributed by atoms with Crippen LogP contribution in [0.3, 0.4) is 0 Å². The number of carbonyl (C=O) groups excluding carboxylic acids is 2. The lowest BCUT2D eigenvalue weighted by Gasteiger charge is -2.09. The van der Waals surface area contributed by atoms with Crippen molar-refractivity contribution in [3.63, 3.8) is 0 Å². The molecule has 0 amide bonds. The molecule has 1 aromatic heterocycles. The number of Topliss-reactive ketones (excluding diaryl/α,β-unsaturated/α-hetero) is 1. The van der Waals surface area contributed by atoms with Gasteiger partial charge in [-0.05, 0) is 74.4 Å².